The molecule has 0 bridgehead atoms. The zero-order valence-corrected chi connectivity index (χ0v) is 9.30. The first kappa shape index (κ1) is 11.1. The molecule has 0 saturated heterocycles. The molecule has 0 heterocycles. The molecule has 2 aromatic rings. The van der Waals surface area contributed by atoms with Crippen LogP contribution in [0.3, 0.4) is 0 Å². The Bertz CT molecular complexity index is 512. The highest BCUT2D eigenvalue weighted by molar-refractivity contribution is 5.90. The third-order valence-corrected chi connectivity index (χ3v) is 2.42. The van der Waals surface area contributed by atoms with Crippen molar-refractivity contribution in [2.45, 2.75) is 0 Å². The Labute approximate surface area is 100 Å². The van der Waals surface area contributed by atoms with Gasteiger partial charge in [0.25, 0.3) is 0 Å². The lowest BCUT2D eigenvalue weighted by Gasteiger charge is -2.03. The Kier molecular flexibility index (Phi) is 3.36. The summed E-state index contributed by atoms with van der Waals surface area (Å²) in [6.07, 6.45) is 1.13. The van der Waals surface area contributed by atoms with Gasteiger partial charge in [-0.3, -0.25) is 0 Å². The minimum absolute atomic E-state index is 0.389. The monoisotopic (exact) mass is 224 g/mol. The van der Waals surface area contributed by atoms with Gasteiger partial charge < -0.3 is 4.74 Å². The standard InChI is InChI=1S/C15H12O2/c1-2-17-15(16)14-10-8-13(9-11-14)12-6-4-3-5-7-12/h2-11H,1H2. The highest BCUT2D eigenvalue weighted by atomic mass is 16.5. The largest absolute Gasteiger partial charge is 0.432 e. The van der Waals surface area contributed by atoms with E-state index in [1.165, 1.54) is 0 Å². The van der Waals surface area contributed by atoms with Gasteiger partial charge in [-0.25, -0.2) is 4.79 Å². The van der Waals surface area contributed by atoms with Crippen molar-refractivity contribution in [3.63, 3.8) is 0 Å². The molecular formula is C15H12O2. The molecule has 84 valence electrons. The number of carbonyl (C=O) groups excluding carboxylic acids is 1. The Balaban J connectivity index is 2.24. The fraction of sp³-hybridized carbons (Fsp3) is 0. The minimum atomic E-state index is -0.389. The van der Waals surface area contributed by atoms with Crippen molar-refractivity contribution in [3.05, 3.63) is 73.0 Å². The van der Waals surface area contributed by atoms with Crippen LogP contribution in [-0.4, -0.2) is 5.97 Å². The molecule has 0 saturated carbocycles. The van der Waals surface area contributed by atoms with Gasteiger partial charge in [0.2, 0.25) is 0 Å². The predicted molar refractivity (Wildman–Crippen MR) is 67.5 cm³/mol. The van der Waals surface area contributed by atoms with Crippen LogP contribution in [0.1, 0.15) is 10.4 Å². The summed E-state index contributed by atoms with van der Waals surface area (Å²) in [4.78, 5) is 11.4. The summed E-state index contributed by atoms with van der Waals surface area (Å²) in [7, 11) is 0. The molecule has 0 aliphatic heterocycles. The maximum absolute atomic E-state index is 11.4. The van der Waals surface area contributed by atoms with E-state index in [4.69, 9.17) is 4.74 Å². The average molecular weight is 224 g/mol. The van der Waals surface area contributed by atoms with Crippen LogP contribution in [0.25, 0.3) is 11.1 Å². The lowest BCUT2D eigenvalue weighted by molar-refractivity contribution is 0.0664. The van der Waals surface area contributed by atoms with E-state index in [0.29, 0.717) is 5.56 Å². The summed E-state index contributed by atoms with van der Waals surface area (Å²) in [5.41, 5.74) is 2.71. The maximum atomic E-state index is 11.4. The molecule has 0 aliphatic rings. The Morgan fingerprint density at radius 1 is 0.941 bits per heavy atom. The van der Waals surface area contributed by atoms with Crippen LogP contribution in [0.5, 0.6) is 0 Å². The van der Waals surface area contributed by atoms with Gasteiger partial charge in [0.05, 0.1) is 11.8 Å². The summed E-state index contributed by atoms with van der Waals surface area (Å²) in [5.74, 6) is -0.389. The van der Waals surface area contributed by atoms with Crippen molar-refractivity contribution in [1.82, 2.24) is 0 Å². The van der Waals surface area contributed by atoms with Gasteiger partial charge in [-0.2, -0.15) is 0 Å². The highest BCUT2D eigenvalue weighted by Crippen LogP contribution is 2.19. The van der Waals surface area contributed by atoms with E-state index in [0.717, 1.165) is 17.4 Å². The first-order chi connectivity index (χ1) is 8.31. The van der Waals surface area contributed by atoms with Gasteiger partial charge in [-0.15, -0.1) is 0 Å². The molecule has 2 nitrogen and oxygen atoms in total. The summed E-state index contributed by atoms with van der Waals surface area (Å²) in [6.45, 7) is 3.35. The lowest BCUT2D eigenvalue weighted by atomic mass is 10.0. The second-order valence-corrected chi connectivity index (χ2v) is 3.52. The number of benzene rings is 2. The number of hydrogen-bond acceptors (Lipinski definition) is 2. The highest BCUT2D eigenvalue weighted by Gasteiger charge is 2.05. The molecule has 17 heavy (non-hydrogen) atoms. The number of carbonyl (C=O) groups is 1. The van der Waals surface area contributed by atoms with Crippen molar-refractivity contribution in [1.29, 1.82) is 0 Å². The predicted octanol–water partition coefficient (Wildman–Crippen LogP) is 3.65. The number of esters is 1. The van der Waals surface area contributed by atoms with Crippen molar-refractivity contribution in [2.75, 3.05) is 0 Å². The molecule has 0 amide bonds. The third kappa shape index (κ3) is 2.61. The van der Waals surface area contributed by atoms with E-state index in [1.807, 2.05) is 42.5 Å². The lowest BCUT2D eigenvalue weighted by Crippen LogP contribution is -1.99. The second-order valence-electron chi connectivity index (χ2n) is 3.52. The normalized spacial score (nSPS) is 9.65. The Hall–Kier alpha value is -2.35. The zero-order valence-electron chi connectivity index (χ0n) is 9.30. The molecule has 0 N–H and O–H groups in total. The van der Waals surface area contributed by atoms with Crippen LogP contribution in [0.15, 0.2) is 67.4 Å². The zero-order chi connectivity index (χ0) is 12.1. The van der Waals surface area contributed by atoms with Gasteiger partial charge in [-0.05, 0) is 23.3 Å². The molecule has 0 aliphatic carbocycles. The summed E-state index contributed by atoms with van der Waals surface area (Å²) in [6, 6.07) is 17.3. The van der Waals surface area contributed by atoms with E-state index in [-0.39, 0.29) is 5.97 Å². The van der Waals surface area contributed by atoms with Gasteiger partial charge in [-0.1, -0.05) is 49.0 Å². The van der Waals surface area contributed by atoms with Crippen LogP contribution in [0, 0.1) is 0 Å². The molecule has 0 radical (unpaired) electrons. The third-order valence-electron chi connectivity index (χ3n) is 2.42. The fourth-order valence-electron chi connectivity index (χ4n) is 1.57. The van der Waals surface area contributed by atoms with Gasteiger partial charge >= 0.3 is 5.97 Å². The van der Waals surface area contributed by atoms with E-state index < -0.39 is 0 Å². The quantitative estimate of drug-likeness (QED) is 0.587. The molecule has 2 heteroatoms. The fourth-order valence-corrected chi connectivity index (χ4v) is 1.57. The van der Waals surface area contributed by atoms with E-state index in [9.17, 15) is 4.79 Å². The van der Waals surface area contributed by atoms with Crippen molar-refractivity contribution < 1.29 is 9.53 Å². The van der Waals surface area contributed by atoms with Gasteiger partial charge in [0, 0.05) is 0 Å². The molecule has 0 atom stereocenters. The molecule has 0 aromatic heterocycles. The average Bonchev–Trinajstić information content (AvgIpc) is 2.40. The van der Waals surface area contributed by atoms with E-state index >= 15 is 0 Å². The maximum Gasteiger partial charge on any atom is 0.342 e. The summed E-state index contributed by atoms with van der Waals surface area (Å²) < 4.78 is 4.70. The van der Waals surface area contributed by atoms with Crippen molar-refractivity contribution in [3.8, 4) is 11.1 Å². The summed E-state index contributed by atoms with van der Waals surface area (Å²) >= 11 is 0. The first-order valence-electron chi connectivity index (χ1n) is 5.28. The Morgan fingerprint density at radius 2 is 1.53 bits per heavy atom. The molecule has 0 fully saturated rings. The van der Waals surface area contributed by atoms with Crippen LogP contribution in [0.4, 0.5) is 0 Å². The van der Waals surface area contributed by atoms with E-state index in [1.54, 1.807) is 12.1 Å². The molecule has 0 spiro atoms. The SMILES string of the molecule is C=COC(=O)c1ccc(-c2ccccc2)cc1. The number of hydrogen-bond donors (Lipinski definition) is 0. The van der Waals surface area contributed by atoms with Crippen LogP contribution in [-0.2, 0) is 4.74 Å². The smallest absolute Gasteiger partial charge is 0.342 e. The van der Waals surface area contributed by atoms with Crippen LogP contribution < -0.4 is 0 Å². The number of ether oxygens (including phenoxy) is 1. The molecule has 2 aromatic carbocycles. The molecular weight excluding hydrogens is 212 g/mol. The topological polar surface area (TPSA) is 26.3 Å². The Morgan fingerprint density at radius 3 is 2.12 bits per heavy atom. The van der Waals surface area contributed by atoms with Gasteiger partial charge in [0.1, 0.15) is 0 Å². The molecule has 2 rings (SSSR count). The first-order valence-corrected chi connectivity index (χ1v) is 5.28. The number of rotatable bonds is 3. The van der Waals surface area contributed by atoms with Crippen LogP contribution >= 0.6 is 0 Å². The second kappa shape index (κ2) is 5.12. The van der Waals surface area contributed by atoms with Crippen LogP contribution in [0.2, 0.25) is 0 Å². The summed E-state index contributed by atoms with van der Waals surface area (Å²) in [5, 5.41) is 0. The van der Waals surface area contributed by atoms with E-state index in [2.05, 4.69) is 6.58 Å². The molecule has 0 unspecified atom stereocenters. The van der Waals surface area contributed by atoms with Crippen molar-refractivity contribution in [2.24, 2.45) is 0 Å². The van der Waals surface area contributed by atoms with Gasteiger partial charge in [0.15, 0.2) is 0 Å². The van der Waals surface area contributed by atoms with Crippen molar-refractivity contribution >= 4 is 5.97 Å². The minimum Gasteiger partial charge on any atom is -0.432 e.